The van der Waals surface area contributed by atoms with E-state index < -0.39 is 4.92 Å². The highest BCUT2D eigenvalue weighted by Crippen LogP contribution is 2.21. The molecule has 0 aromatic heterocycles. The third-order valence-corrected chi connectivity index (χ3v) is 3.62. The van der Waals surface area contributed by atoms with Crippen LogP contribution in [-0.4, -0.2) is 41.9 Å². The molecule has 7 nitrogen and oxygen atoms in total. The van der Waals surface area contributed by atoms with E-state index in [0.29, 0.717) is 12.1 Å². The third kappa shape index (κ3) is 4.16. The van der Waals surface area contributed by atoms with E-state index in [0.717, 1.165) is 26.1 Å². The summed E-state index contributed by atoms with van der Waals surface area (Å²) in [5.41, 5.74) is 5.74. The van der Waals surface area contributed by atoms with Crippen LogP contribution in [0.25, 0.3) is 0 Å². The van der Waals surface area contributed by atoms with Crippen LogP contribution in [0.3, 0.4) is 0 Å². The molecule has 0 aliphatic carbocycles. The van der Waals surface area contributed by atoms with Crippen molar-refractivity contribution in [2.24, 2.45) is 0 Å². The highest BCUT2D eigenvalue weighted by molar-refractivity contribution is 5.95. The molecule has 0 saturated carbocycles. The summed E-state index contributed by atoms with van der Waals surface area (Å²) < 4.78 is 0. The predicted octanol–water partition coefficient (Wildman–Crippen LogP) is 1.39. The van der Waals surface area contributed by atoms with Gasteiger partial charge in [0.1, 0.15) is 5.69 Å². The van der Waals surface area contributed by atoms with E-state index in [9.17, 15) is 14.9 Å². The van der Waals surface area contributed by atoms with Crippen molar-refractivity contribution in [2.45, 2.75) is 19.3 Å². The Kier molecular flexibility index (Phi) is 5.10. The van der Waals surface area contributed by atoms with Crippen LogP contribution in [-0.2, 0) is 0 Å². The topological polar surface area (TPSA) is 102 Å². The van der Waals surface area contributed by atoms with Crippen molar-refractivity contribution in [2.75, 3.05) is 31.9 Å². The number of nitrogen functional groups attached to an aromatic ring is 1. The largest absolute Gasteiger partial charge is 0.393 e. The van der Waals surface area contributed by atoms with Crippen molar-refractivity contribution >= 4 is 17.3 Å². The van der Waals surface area contributed by atoms with Crippen molar-refractivity contribution in [3.8, 4) is 0 Å². The molecule has 0 atom stereocenters. The van der Waals surface area contributed by atoms with Crippen molar-refractivity contribution in [1.29, 1.82) is 0 Å². The molecule has 1 fully saturated rings. The standard InChI is InChI=1S/C14H20N4O3/c15-12-10-11(4-5-13(12)18(20)21)14(19)16-6-3-9-17-7-1-2-8-17/h4-5,10H,1-3,6-9,15H2,(H,16,19). The van der Waals surface area contributed by atoms with E-state index in [2.05, 4.69) is 10.2 Å². The first kappa shape index (κ1) is 15.2. The maximum absolute atomic E-state index is 11.9. The van der Waals surface area contributed by atoms with Crippen molar-refractivity contribution in [3.63, 3.8) is 0 Å². The summed E-state index contributed by atoms with van der Waals surface area (Å²) in [5.74, 6) is -0.252. The van der Waals surface area contributed by atoms with E-state index in [1.807, 2.05) is 0 Å². The van der Waals surface area contributed by atoms with Gasteiger partial charge in [0.2, 0.25) is 0 Å². The Hall–Kier alpha value is -2.15. The van der Waals surface area contributed by atoms with E-state index in [4.69, 9.17) is 5.73 Å². The van der Waals surface area contributed by atoms with Crippen LogP contribution in [0.1, 0.15) is 29.6 Å². The monoisotopic (exact) mass is 292 g/mol. The Labute approximate surface area is 123 Å². The van der Waals surface area contributed by atoms with Crippen LogP contribution in [0.4, 0.5) is 11.4 Å². The van der Waals surface area contributed by atoms with E-state index in [1.54, 1.807) is 0 Å². The zero-order valence-electron chi connectivity index (χ0n) is 11.9. The minimum atomic E-state index is -0.562. The molecule has 1 aromatic rings. The average Bonchev–Trinajstić information content (AvgIpc) is 2.96. The first-order valence-electron chi connectivity index (χ1n) is 7.12. The molecule has 1 amide bonds. The SMILES string of the molecule is Nc1cc(C(=O)NCCCN2CCCC2)ccc1[N+](=O)[O-]. The average molecular weight is 292 g/mol. The van der Waals surface area contributed by atoms with E-state index >= 15 is 0 Å². The maximum atomic E-state index is 11.9. The Morgan fingerprint density at radius 2 is 2.10 bits per heavy atom. The van der Waals surface area contributed by atoms with Gasteiger partial charge in [-0.25, -0.2) is 0 Å². The fraction of sp³-hybridized carbons (Fsp3) is 0.500. The summed E-state index contributed by atoms with van der Waals surface area (Å²) >= 11 is 0. The molecular weight excluding hydrogens is 272 g/mol. The number of nitro benzene ring substituents is 1. The fourth-order valence-electron chi connectivity index (χ4n) is 2.47. The van der Waals surface area contributed by atoms with Gasteiger partial charge in [0.05, 0.1) is 4.92 Å². The molecule has 1 saturated heterocycles. The number of benzene rings is 1. The smallest absolute Gasteiger partial charge is 0.292 e. The lowest BCUT2D eigenvalue weighted by atomic mass is 10.1. The lowest BCUT2D eigenvalue weighted by Gasteiger charge is -2.14. The first-order chi connectivity index (χ1) is 10.1. The maximum Gasteiger partial charge on any atom is 0.292 e. The van der Waals surface area contributed by atoms with Gasteiger partial charge in [-0.2, -0.15) is 0 Å². The second-order valence-corrected chi connectivity index (χ2v) is 5.19. The van der Waals surface area contributed by atoms with Crippen molar-refractivity contribution in [1.82, 2.24) is 10.2 Å². The van der Waals surface area contributed by atoms with Crippen LogP contribution in [0.5, 0.6) is 0 Å². The first-order valence-corrected chi connectivity index (χ1v) is 7.12. The highest BCUT2D eigenvalue weighted by Gasteiger charge is 2.14. The van der Waals surface area contributed by atoms with E-state index in [1.165, 1.54) is 31.0 Å². The number of likely N-dealkylation sites (tertiary alicyclic amines) is 1. The van der Waals surface area contributed by atoms with Crippen molar-refractivity contribution in [3.05, 3.63) is 33.9 Å². The second-order valence-electron chi connectivity index (χ2n) is 5.19. The van der Waals surface area contributed by atoms with Crippen molar-refractivity contribution < 1.29 is 9.72 Å². The lowest BCUT2D eigenvalue weighted by molar-refractivity contribution is -0.383. The Balaban J connectivity index is 1.80. The number of nitro groups is 1. The number of hydrogen-bond acceptors (Lipinski definition) is 5. The van der Waals surface area contributed by atoms with Crippen LogP contribution in [0, 0.1) is 10.1 Å². The number of nitrogens with one attached hydrogen (secondary N) is 1. The number of nitrogens with zero attached hydrogens (tertiary/aromatic N) is 2. The molecule has 3 N–H and O–H groups in total. The molecule has 1 aliphatic heterocycles. The predicted molar refractivity (Wildman–Crippen MR) is 80.1 cm³/mol. The van der Waals surface area contributed by atoms with Crippen LogP contribution in [0.2, 0.25) is 0 Å². The molecular formula is C14H20N4O3. The molecule has 21 heavy (non-hydrogen) atoms. The number of carbonyl (C=O) groups is 1. The van der Waals surface area contributed by atoms with Gasteiger partial charge < -0.3 is 16.0 Å². The Morgan fingerprint density at radius 3 is 2.71 bits per heavy atom. The molecule has 114 valence electrons. The summed E-state index contributed by atoms with van der Waals surface area (Å²) in [5, 5.41) is 13.5. The summed E-state index contributed by atoms with van der Waals surface area (Å²) in [6.45, 7) is 3.87. The summed E-state index contributed by atoms with van der Waals surface area (Å²) in [7, 11) is 0. The highest BCUT2D eigenvalue weighted by atomic mass is 16.6. The number of hydrogen-bond donors (Lipinski definition) is 2. The van der Waals surface area contributed by atoms with Crippen LogP contribution >= 0.6 is 0 Å². The summed E-state index contributed by atoms with van der Waals surface area (Å²) in [6.07, 6.45) is 3.41. The number of carbonyl (C=O) groups excluding carboxylic acids is 1. The second kappa shape index (κ2) is 7.03. The molecule has 1 aromatic carbocycles. The Morgan fingerprint density at radius 1 is 1.38 bits per heavy atom. The minimum Gasteiger partial charge on any atom is -0.393 e. The zero-order valence-corrected chi connectivity index (χ0v) is 11.9. The lowest BCUT2D eigenvalue weighted by Crippen LogP contribution is -2.28. The molecule has 0 spiro atoms. The number of amides is 1. The van der Waals surface area contributed by atoms with Gasteiger partial charge >= 0.3 is 0 Å². The molecule has 2 rings (SSSR count). The Bertz CT molecular complexity index is 527. The summed E-state index contributed by atoms with van der Waals surface area (Å²) in [4.78, 5) is 24.4. The zero-order chi connectivity index (χ0) is 15.2. The quantitative estimate of drug-likeness (QED) is 0.357. The van der Waals surface area contributed by atoms with Crippen LogP contribution < -0.4 is 11.1 Å². The summed E-state index contributed by atoms with van der Waals surface area (Å²) in [6, 6.07) is 4.02. The van der Waals surface area contributed by atoms with Gasteiger partial charge in [0.15, 0.2) is 0 Å². The molecule has 7 heteroatoms. The van der Waals surface area contributed by atoms with Crippen LogP contribution in [0.15, 0.2) is 18.2 Å². The van der Waals surface area contributed by atoms with Gasteiger partial charge in [0.25, 0.3) is 11.6 Å². The van der Waals surface area contributed by atoms with Gasteiger partial charge in [-0.1, -0.05) is 0 Å². The van der Waals surface area contributed by atoms with E-state index in [-0.39, 0.29) is 17.3 Å². The normalized spacial score (nSPS) is 15.0. The fourth-order valence-corrected chi connectivity index (χ4v) is 2.47. The minimum absolute atomic E-state index is 0.00437. The number of rotatable bonds is 6. The molecule has 1 heterocycles. The van der Waals surface area contributed by atoms with Gasteiger partial charge in [-0.15, -0.1) is 0 Å². The molecule has 0 unspecified atom stereocenters. The third-order valence-electron chi connectivity index (χ3n) is 3.62. The van der Waals surface area contributed by atoms with Gasteiger partial charge in [-0.05, 0) is 51.0 Å². The number of anilines is 1. The molecule has 0 radical (unpaired) electrons. The number of nitrogens with two attached hydrogens (primary N) is 1. The van der Waals surface area contributed by atoms with Gasteiger partial charge in [0, 0.05) is 18.2 Å². The molecule has 1 aliphatic rings. The van der Waals surface area contributed by atoms with Gasteiger partial charge in [-0.3, -0.25) is 14.9 Å². The molecule has 0 bridgehead atoms.